The maximum atomic E-state index is 11.4. The van der Waals surface area contributed by atoms with Crippen LogP contribution in [0, 0.1) is 0 Å². The molecule has 1 aromatic rings. The fraction of sp³-hybridized carbons (Fsp3) is 0.300. The predicted octanol–water partition coefficient (Wildman–Crippen LogP) is 1.84. The van der Waals surface area contributed by atoms with Crippen LogP contribution in [0.1, 0.15) is 5.56 Å². The predicted molar refractivity (Wildman–Crippen MR) is 61.4 cm³/mol. The number of amides is 2. The average molecular weight is 261 g/mol. The molecule has 1 unspecified atom stereocenters. The Labute approximate surface area is 103 Å². The number of hydrogen-bond donors (Lipinski definition) is 2. The largest absolute Gasteiger partial charge is 0.372 e. The number of aliphatic hydroxyl groups excluding tert-OH is 1. The first-order valence-electron chi connectivity index (χ1n) is 4.74. The number of rotatable bonds is 2. The highest BCUT2D eigenvalue weighted by atomic mass is 35.5. The quantitative estimate of drug-likeness (QED) is 0.853. The molecular weight excluding hydrogens is 251 g/mol. The van der Waals surface area contributed by atoms with Gasteiger partial charge in [0.15, 0.2) is 0 Å². The van der Waals surface area contributed by atoms with E-state index in [4.69, 9.17) is 23.2 Å². The standard InChI is InChI=1S/C10H10Cl2N2O2/c11-7-2-1-6(8(12)3-7)5-14-9(15)4-13-10(14)16/h1-3,9,15H,4-5H2,(H,13,16). The third-order valence-corrected chi connectivity index (χ3v) is 3.00. The van der Waals surface area contributed by atoms with Crippen LogP contribution in [0.2, 0.25) is 10.0 Å². The lowest BCUT2D eigenvalue weighted by Gasteiger charge is -2.19. The zero-order valence-electron chi connectivity index (χ0n) is 8.28. The Morgan fingerprint density at radius 1 is 1.50 bits per heavy atom. The van der Waals surface area contributed by atoms with Gasteiger partial charge in [0.2, 0.25) is 0 Å². The maximum absolute atomic E-state index is 11.4. The molecule has 6 heteroatoms. The molecular formula is C10H10Cl2N2O2. The molecule has 1 aliphatic heterocycles. The third-order valence-electron chi connectivity index (χ3n) is 2.41. The van der Waals surface area contributed by atoms with E-state index in [-0.39, 0.29) is 19.1 Å². The summed E-state index contributed by atoms with van der Waals surface area (Å²) in [5.41, 5.74) is 0.752. The summed E-state index contributed by atoms with van der Waals surface area (Å²) in [5.74, 6) is 0. The first-order chi connectivity index (χ1) is 7.58. The van der Waals surface area contributed by atoms with E-state index in [1.807, 2.05) is 0 Å². The van der Waals surface area contributed by atoms with Crippen molar-refractivity contribution in [2.45, 2.75) is 12.8 Å². The molecule has 16 heavy (non-hydrogen) atoms. The molecule has 1 heterocycles. The van der Waals surface area contributed by atoms with Gasteiger partial charge in [-0.15, -0.1) is 0 Å². The van der Waals surface area contributed by atoms with Gasteiger partial charge in [-0.25, -0.2) is 4.79 Å². The number of β-amino-alcohol motifs (C(OH)–C–C–N with tert-alkyl or cyclic N) is 1. The summed E-state index contributed by atoms with van der Waals surface area (Å²) >= 11 is 11.7. The van der Waals surface area contributed by atoms with Crippen LogP contribution >= 0.6 is 23.2 Å². The number of nitrogens with zero attached hydrogens (tertiary/aromatic N) is 1. The van der Waals surface area contributed by atoms with Crippen LogP contribution in [-0.2, 0) is 6.54 Å². The van der Waals surface area contributed by atoms with Crippen LogP contribution in [0.15, 0.2) is 18.2 Å². The molecule has 1 aliphatic rings. The van der Waals surface area contributed by atoms with E-state index in [1.54, 1.807) is 18.2 Å². The summed E-state index contributed by atoms with van der Waals surface area (Å²) in [4.78, 5) is 12.7. The molecule has 0 bridgehead atoms. The lowest BCUT2D eigenvalue weighted by Crippen LogP contribution is -2.33. The summed E-state index contributed by atoms with van der Waals surface area (Å²) in [6.45, 7) is 0.507. The Bertz CT molecular complexity index is 425. The van der Waals surface area contributed by atoms with Crippen LogP contribution in [0.3, 0.4) is 0 Å². The molecule has 0 spiro atoms. The van der Waals surface area contributed by atoms with Crippen molar-refractivity contribution in [2.75, 3.05) is 6.54 Å². The molecule has 0 saturated carbocycles. The minimum Gasteiger partial charge on any atom is -0.372 e. The fourth-order valence-corrected chi connectivity index (χ4v) is 2.00. The molecule has 2 N–H and O–H groups in total. The summed E-state index contributed by atoms with van der Waals surface area (Å²) < 4.78 is 0. The van der Waals surface area contributed by atoms with Gasteiger partial charge in [0.1, 0.15) is 6.23 Å². The minimum absolute atomic E-state index is 0.240. The van der Waals surface area contributed by atoms with Crippen molar-refractivity contribution in [1.82, 2.24) is 10.2 Å². The summed E-state index contributed by atoms with van der Waals surface area (Å²) in [7, 11) is 0. The molecule has 4 nitrogen and oxygen atoms in total. The number of carbonyl (C=O) groups excluding carboxylic acids is 1. The number of nitrogens with one attached hydrogen (secondary N) is 1. The van der Waals surface area contributed by atoms with Gasteiger partial charge < -0.3 is 10.4 Å². The van der Waals surface area contributed by atoms with E-state index >= 15 is 0 Å². The van der Waals surface area contributed by atoms with Crippen LogP contribution in [0.25, 0.3) is 0 Å². The lowest BCUT2D eigenvalue weighted by molar-refractivity contribution is 0.0602. The van der Waals surface area contributed by atoms with E-state index in [2.05, 4.69) is 5.32 Å². The first kappa shape index (κ1) is 11.5. The van der Waals surface area contributed by atoms with Gasteiger partial charge >= 0.3 is 6.03 Å². The van der Waals surface area contributed by atoms with E-state index in [0.29, 0.717) is 10.0 Å². The second-order valence-electron chi connectivity index (χ2n) is 3.53. The van der Waals surface area contributed by atoms with Gasteiger partial charge in [-0.1, -0.05) is 29.3 Å². The number of urea groups is 1. The smallest absolute Gasteiger partial charge is 0.319 e. The van der Waals surface area contributed by atoms with E-state index in [0.717, 1.165) is 5.56 Å². The number of aliphatic hydroxyl groups is 1. The highest BCUT2D eigenvalue weighted by Crippen LogP contribution is 2.23. The van der Waals surface area contributed by atoms with Gasteiger partial charge in [0, 0.05) is 10.0 Å². The number of hydrogen-bond acceptors (Lipinski definition) is 2. The Kier molecular flexibility index (Phi) is 3.23. The molecule has 1 atom stereocenters. The van der Waals surface area contributed by atoms with Crippen molar-refractivity contribution < 1.29 is 9.90 Å². The van der Waals surface area contributed by atoms with E-state index < -0.39 is 6.23 Å². The Morgan fingerprint density at radius 2 is 2.25 bits per heavy atom. The third kappa shape index (κ3) is 2.24. The highest BCUT2D eigenvalue weighted by Gasteiger charge is 2.28. The van der Waals surface area contributed by atoms with Crippen molar-refractivity contribution in [3.05, 3.63) is 33.8 Å². The minimum atomic E-state index is -0.806. The molecule has 1 fully saturated rings. The van der Waals surface area contributed by atoms with Crippen LogP contribution in [0.5, 0.6) is 0 Å². The van der Waals surface area contributed by atoms with Crippen LogP contribution < -0.4 is 5.32 Å². The van der Waals surface area contributed by atoms with Crippen molar-refractivity contribution >= 4 is 29.2 Å². The van der Waals surface area contributed by atoms with Gasteiger partial charge in [-0.2, -0.15) is 0 Å². The van der Waals surface area contributed by atoms with Gasteiger partial charge in [-0.3, -0.25) is 4.90 Å². The molecule has 2 amide bonds. The van der Waals surface area contributed by atoms with E-state index in [1.165, 1.54) is 4.90 Å². The van der Waals surface area contributed by atoms with Crippen molar-refractivity contribution in [3.8, 4) is 0 Å². The van der Waals surface area contributed by atoms with Gasteiger partial charge in [0.25, 0.3) is 0 Å². The average Bonchev–Trinajstić information content (AvgIpc) is 2.53. The Balaban J connectivity index is 2.17. The summed E-state index contributed by atoms with van der Waals surface area (Å²) in [6, 6.07) is 4.75. The molecule has 86 valence electrons. The topological polar surface area (TPSA) is 52.6 Å². The maximum Gasteiger partial charge on any atom is 0.319 e. The second kappa shape index (κ2) is 4.49. The zero-order valence-corrected chi connectivity index (χ0v) is 9.79. The number of carbonyl (C=O) groups is 1. The first-order valence-corrected chi connectivity index (χ1v) is 5.50. The molecule has 0 radical (unpaired) electrons. The molecule has 0 aromatic heterocycles. The second-order valence-corrected chi connectivity index (χ2v) is 4.37. The number of benzene rings is 1. The van der Waals surface area contributed by atoms with Crippen LogP contribution in [-0.4, -0.2) is 28.8 Å². The SMILES string of the molecule is O=C1NCC(O)N1Cc1ccc(Cl)cc1Cl. The van der Waals surface area contributed by atoms with Crippen LogP contribution in [0.4, 0.5) is 4.79 Å². The molecule has 2 rings (SSSR count). The summed E-state index contributed by atoms with van der Waals surface area (Å²) in [6.07, 6.45) is -0.806. The Hall–Kier alpha value is -0.970. The Morgan fingerprint density at radius 3 is 2.81 bits per heavy atom. The zero-order chi connectivity index (χ0) is 11.7. The molecule has 0 aliphatic carbocycles. The highest BCUT2D eigenvalue weighted by molar-refractivity contribution is 6.35. The van der Waals surface area contributed by atoms with Gasteiger partial charge in [0.05, 0.1) is 13.1 Å². The van der Waals surface area contributed by atoms with Crippen molar-refractivity contribution in [3.63, 3.8) is 0 Å². The van der Waals surface area contributed by atoms with Crippen molar-refractivity contribution in [1.29, 1.82) is 0 Å². The van der Waals surface area contributed by atoms with E-state index in [9.17, 15) is 9.90 Å². The van der Waals surface area contributed by atoms with Crippen molar-refractivity contribution in [2.24, 2.45) is 0 Å². The normalized spacial score (nSPS) is 20.1. The molecule has 1 saturated heterocycles. The van der Waals surface area contributed by atoms with Gasteiger partial charge in [-0.05, 0) is 17.7 Å². The number of halogens is 2. The monoisotopic (exact) mass is 260 g/mol. The fourth-order valence-electron chi connectivity index (χ4n) is 1.54. The lowest BCUT2D eigenvalue weighted by atomic mass is 10.2. The molecule has 1 aromatic carbocycles. The summed E-state index contributed by atoms with van der Waals surface area (Å²) in [5, 5.41) is 13.1.